The Morgan fingerprint density at radius 3 is 2.55 bits per heavy atom. The number of nitrogens with zero attached hydrogens (tertiary/aromatic N) is 1. The first-order valence-corrected chi connectivity index (χ1v) is 8.88. The van der Waals surface area contributed by atoms with Gasteiger partial charge in [-0.25, -0.2) is 12.7 Å². The zero-order chi connectivity index (χ0) is 14.6. The predicted molar refractivity (Wildman–Crippen MR) is 75.0 cm³/mol. The van der Waals surface area contributed by atoms with Crippen LogP contribution in [-0.2, 0) is 19.5 Å². The molecule has 0 radical (unpaired) electrons. The van der Waals surface area contributed by atoms with Crippen molar-refractivity contribution < 1.29 is 23.0 Å². The Morgan fingerprint density at radius 2 is 1.95 bits per heavy atom. The van der Waals surface area contributed by atoms with Gasteiger partial charge in [-0.3, -0.25) is 0 Å². The van der Waals surface area contributed by atoms with Crippen LogP contribution in [0.2, 0.25) is 0 Å². The van der Waals surface area contributed by atoms with Crippen molar-refractivity contribution in [1.82, 2.24) is 4.31 Å². The smallest absolute Gasteiger partial charge is 0.216 e. The Morgan fingerprint density at radius 1 is 1.25 bits per heavy atom. The van der Waals surface area contributed by atoms with Crippen molar-refractivity contribution in [2.45, 2.75) is 43.8 Å². The molecule has 7 heteroatoms. The summed E-state index contributed by atoms with van der Waals surface area (Å²) in [7, 11) is -1.86. The van der Waals surface area contributed by atoms with Gasteiger partial charge in [0.05, 0.1) is 17.5 Å². The van der Waals surface area contributed by atoms with Crippen LogP contribution in [0.3, 0.4) is 0 Å². The Bertz CT molecular complexity index is 399. The maximum atomic E-state index is 12.3. The zero-order valence-corrected chi connectivity index (χ0v) is 12.9. The van der Waals surface area contributed by atoms with E-state index in [-0.39, 0.29) is 18.4 Å². The first kappa shape index (κ1) is 16.2. The van der Waals surface area contributed by atoms with E-state index in [0.717, 1.165) is 19.3 Å². The average molecular weight is 307 g/mol. The third-order valence-electron chi connectivity index (χ3n) is 4.09. The Balaban J connectivity index is 1.90. The van der Waals surface area contributed by atoms with E-state index in [1.165, 1.54) is 11.4 Å². The van der Waals surface area contributed by atoms with Gasteiger partial charge in [-0.15, -0.1) is 0 Å². The van der Waals surface area contributed by atoms with E-state index >= 15 is 0 Å². The number of hydrogen-bond donors (Lipinski definition) is 1. The summed E-state index contributed by atoms with van der Waals surface area (Å²) in [5.74, 6) is 0.0100. The van der Waals surface area contributed by atoms with Crippen LogP contribution < -0.4 is 0 Å². The first-order valence-electron chi connectivity index (χ1n) is 7.27. The molecule has 0 amide bonds. The number of likely N-dealkylation sites (N-methyl/N-ethyl adjacent to an activating group) is 1. The molecule has 0 aliphatic carbocycles. The minimum absolute atomic E-state index is 0.0100. The second kappa shape index (κ2) is 6.70. The monoisotopic (exact) mass is 307 g/mol. The number of sulfonamides is 1. The maximum absolute atomic E-state index is 12.3. The molecule has 2 aliphatic heterocycles. The van der Waals surface area contributed by atoms with E-state index in [9.17, 15) is 13.5 Å². The summed E-state index contributed by atoms with van der Waals surface area (Å²) in [5, 5.41) is 10.4. The summed E-state index contributed by atoms with van der Waals surface area (Å²) in [6.07, 6.45) is 3.57. The first-order chi connectivity index (χ1) is 9.41. The molecule has 2 saturated heterocycles. The molecule has 0 aromatic rings. The molecule has 2 heterocycles. The second-order valence-corrected chi connectivity index (χ2v) is 7.98. The molecule has 0 bridgehead atoms. The van der Waals surface area contributed by atoms with Crippen molar-refractivity contribution in [2.24, 2.45) is 0 Å². The van der Waals surface area contributed by atoms with Gasteiger partial charge in [0.2, 0.25) is 10.0 Å². The van der Waals surface area contributed by atoms with Gasteiger partial charge in [-0.05, 0) is 19.3 Å². The summed E-state index contributed by atoms with van der Waals surface area (Å²) < 4.78 is 36.6. The summed E-state index contributed by atoms with van der Waals surface area (Å²) in [6.45, 7) is 1.74. The van der Waals surface area contributed by atoms with Crippen LogP contribution in [-0.4, -0.2) is 68.7 Å². The van der Waals surface area contributed by atoms with Crippen LogP contribution in [0.5, 0.6) is 0 Å². The van der Waals surface area contributed by atoms with E-state index < -0.39 is 15.6 Å². The van der Waals surface area contributed by atoms with E-state index in [0.29, 0.717) is 32.7 Å². The SMILES string of the molecule is CN(CC1(O)CCOCC1)S(=O)(=O)CC1CCCCO1. The fraction of sp³-hybridized carbons (Fsp3) is 1.00. The van der Waals surface area contributed by atoms with Gasteiger partial charge in [0.15, 0.2) is 0 Å². The highest BCUT2D eigenvalue weighted by Gasteiger charge is 2.35. The van der Waals surface area contributed by atoms with E-state index in [2.05, 4.69) is 0 Å². The Hall–Kier alpha value is -0.210. The lowest BCUT2D eigenvalue weighted by Crippen LogP contribution is -2.48. The highest BCUT2D eigenvalue weighted by atomic mass is 32.2. The van der Waals surface area contributed by atoms with Crippen molar-refractivity contribution >= 4 is 10.0 Å². The highest BCUT2D eigenvalue weighted by molar-refractivity contribution is 7.89. The molecule has 1 unspecified atom stereocenters. The molecule has 1 atom stereocenters. The molecule has 0 saturated carbocycles. The molecule has 0 spiro atoms. The fourth-order valence-corrected chi connectivity index (χ4v) is 4.15. The van der Waals surface area contributed by atoms with Crippen LogP contribution in [0.25, 0.3) is 0 Å². The number of ether oxygens (including phenoxy) is 2. The zero-order valence-electron chi connectivity index (χ0n) is 12.1. The standard InChI is InChI=1S/C13H25NO5S/c1-14(11-13(15)5-8-18-9-6-13)20(16,17)10-12-4-2-3-7-19-12/h12,15H,2-11H2,1H3. The van der Waals surface area contributed by atoms with Crippen LogP contribution in [0, 0.1) is 0 Å². The van der Waals surface area contributed by atoms with Gasteiger partial charge < -0.3 is 14.6 Å². The number of rotatable bonds is 5. The van der Waals surface area contributed by atoms with Crippen LogP contribution >= 0.6 is 0 Å². The van der Waals surface area contributed by atoms with Crippen LogP contribution in [0.4, 0.5) is 0 Å². The minimum Gasteiger partial charge on any atom is -0.388 e. The average Bonchev–Trinajstić information content (AvgIpc) is 2.39. The van der Waals surface area contributed by atoms with Crippen molar-refractivity contribution in [1.29, 1.82) is 0 Å². The van der Waals surface area contributed by atoms with Gasteiger partial charge in [-0.2, -0.15) is 0 Å². The van der Waals surface area contributed by atoms with Crippen molar-refractivity contribution in [3.63, 3.8) is 0 Å². The van der Waals surface area contributed by atoms with Crippen molar-refractivity contribution in [3.8, 4) is 0 Å². The lowest BCUT2D eigenvalue weighted by molar-refractivity contribution is -0.0691. The predicted octanol–water partition coefficient (Wildman–Crippen LogP) is 0.359. The molecular formula is C13H25NO5S. The molecule has 2 aliphatic rings. The van der Waals surface area contributed by atoms with Crippen molar-refractivity contribution in [2.75, 3.05) is 39.2 Å². The van der Waals surface area contributed by atoms with Crippen molar-refractivity contribution in [3.05, 3.63) is 0 Å². The van der Waals surface area contributed by atoms with Crippen LogP contribution in [0.1, 0.15) is 32.1 Å². The molecule has 2 fully saturated rings. The summed E-state index contributed by atoms with van der Waals surface area (Å²) in [5.41, 5.74) is -0.965. The molecule has 118 valence electrons. The molecule has 6 nitrogen and oxygen atoms in total. The van der Waals surface area contributed by atoms with Gasteiger partial charge in [0.1, 0.15) is 0 Å². The highest BCUT2D eigenvalue weighted by Crippen LogP contribution is 2.23. The molecule has 2 rings (SSSR count). The largest absolute Gasteiger partial charge is 0.388 e. The Labute approximate surface area is 121 Å². The lowest BCUT2D eigenvalue weighted by atomic mass is 9.95. The van der Waals surface area contributed by atoms with Gasteiger partial charge in [0, 0.05) is 46.3 Å². The second-order valence-electron chi connectivity index (χ2n) is 5.86. The third kappa shape index (κ3) is 4.39. The number of hydrogen-bond acceptors (Lipinski definition) is 5. The topological polar surface area (TPSA) is 76.1 Å². The summed E-state index contributed by atoms with van der Waals surface area (Å²) in [6, 6.07) is 0. The summed E-state index contributed by atoms with van der Waals surface area (Å²) in [4.78, 5) is 0. The molecule has 20 heavy (non-hydrogen) atoms. The lowest BCUT2D eigenvalue weighted by Gasteiger charge is -2.35. The van der Waals surface area contributed by atoms with E-state index in [4.69, 9.17) is 9.47 Å². The van der Waals surface area contributed by atoms with E-state index in [1.807, 2.05) is 0 Å². The molecular weight excluding hydrogens is 282 g/mol. The third-order valence-corrected chi connectivity index (χ3v) is 5.96. The summed E-state index contributed by atoms with van der Waals surface area (Å²) >= 11 is 0. The van der Waals surface area contributed by atoms with Gasteiger partial charge >= 0.3 is 0 Å². The normalized spacial score (nSPS) is 27.6. The van der Waals surface area contributed by atoms with Gasteiger partial charge in [-0.1, -0.05) is 0 Å². The fourth-order valence-electron chi connectivity index (χ4n) is 2.72. The number of aliphatic hydroxyl groups is 1. The van der Waals surface area contributed by atoms with Gasteiger partial charge in [0.25, 0.3) is 0 Å². The quantitative estimate of drug-likeness (QED) is 0.793. The molecule has 1 N–H and O–H groups in total. The maximum Gasteiger partial charge on any atom is 0.216 e. The minimum atomic E-state index is -3.39. The van der Waals surface area contributed by atoms with Crippen LogP contribution in [0.15, 0.2) is 0 Å². The Kier molecular flexibility index (Phi) is 5.42. The molecule has 0 aromatic carbocycles. The van der Waals surface area contributed by atoms with E-state index in [1.54, 1.807) is 0 Å². The molecule has 0 aromatic heterocycles.